The van der Waals surface area contributed by atoms with Crippen LogP contribution in [0.2, 0.25) is 0 Å². The zero-order valence-electron chi connectivity index (χ0n) is 7.09. The van der Waals surface area contributed by atoms with E-state index in [1.807, 2.05) is 0 Å². The Morgan fingerprint density at radius 3 is 2.55 bits per heavy atom. The molecule has 2 nitrogen and oxygen atoms in total. The van der Waals surface area contributed by atoms with Gasteiger partial charge in [0.2, 0.25) is 0 Å². The maximum absolute atomic E-state index is 11.2. The highest BCUT2D eigenvalue weighted by atomic mass is 16.5. The molecular formula is C9H14O2. The van der Waals surface area contributed by atoms with Crippen LogP contribution in [0.4, 0.5) is 0 Å². The summed E-state index contributed by atoms with van der Waals surface area (Å²) in [5, 5.41) is 0. The molecule has 3 fully saturated rings. The molecule has 2 aliphatic heterocycles. The molecule has 3 aliphatic rings. The van der Waals surface area contributed by atoms with Crippen LogP contribution in [0.15, 0.2) is 0 Å². The third kappa shape index (κ3) is 0.959. The lowest BCUT2D eigenvalue weighted by atomic mass is 9.66. The summed E-state index contributed by atoms with van der Waals surface area (Å²) in [6, 6.07) is 0. The minimum absolute atomic E-state index is 0.0394. The average molecular weight is 154 g/mol. The van der Waals surface area contributed by atoms with Gasteiger partial charge in [0.15, 0.2) is 0 Å². The van der Waals surface area contributed by atoms with E-state index < -0.39 is 0 Å². The van der Waals surface area contributed by atoms with E-state index in [1.165, 1.54) is 0 Å². The van der Waals surface area contributed by atoms with Gasteiger partial charge >= 0.3 is 5.97 Å². The van der Waals surface area contributed by atoms with Crippen molar-refractivity contribution in [3.63, 3.8) is 0 Å². The average Bonchev–Trinajstić information content (AvgIpc) is 1.83. The molecule has 2 bridgehead atoms. The standard InChI is InChI=1S/C9H14O2/c1-9(2)5-6-3-4-7(9)8(10)11-6/h6-7H,3-5H2,1-2H3. The fraction of sp³-hybridized carbons (Fsp3) is 0.889. The summed E-state index contributed by atoms with van der Waals surface area (Å²) < 4.78 is 5.18. The summed E-state index contributed by atoms with van der Waals surface area (Å²) in [5.74, 6) is 0.213. The molecule has 0 radical (unpaired) electrons. The van der Waals surface area contributed by atoms with Crippen LogP contribution >= 0.6 is 0 Å². The highest BCUT2D eigenvalue weighted by Gasteiger charge is 2.47. The predicted molar refractivity (Wildman–Crippen MR) is 41.0 cm³/mol. The number of esters is 1. The van der Waals surface area contributed by atoms with Crippen LogP contribution in [0.5, 0.6) is 0 Å². The largest absolute Gasteiger partial charge is 0.462 e. The van der Waals surface area contributed by atoms with Crippen LogP contribution in [-0.2, 0) is 9.53 Å². The molecule has 11 heavy (non-hydrogen) atoms. The Morgan fingerprint density at radius 1 is 1.45 bits per heavy atom. The van der Waals surface area contributed by atoms with E-state index in [9.17, 15) is 4.79 Å². The first-order valence-corrected chi connectivity index (χ1v) is 4.30. The predicted octanol–water partition coefficient (Wildman–Crippen LogP) is 1.74. The van der Waals surface area contributed by atoms with Crippen LogP contribution in [0.25, 0.3) is 0 Å². The van der Waals surface area contributed by atoms with Crippen molar-refractivity contribution in [3.05, 3.63) is 0 Å². The Hall–Kier alpha value is -0.530. The van der Waals surface area contributed by atoms with Crippen LogP contribution in [0, 0.1) is 11.3 Å². The summed E-state index contributed by atoms with van der Waals surface area (Å²) in [5.41, 5.74) is 0.193. The number of rotatable bonds is 0. The van der Waals surface area contributed by atoms with E-state index in [1.54, 1.807) is 0 Å². The second-order valence-corrected chi connectivity index (χ2v) is 4.38. The van der Waals surface area contributed by atoms with Gasteiger partial charge in [-0.05, 0) is 24.7 Å². The van der Waals surface area contributed by atoms with Gasteiger partial charge in [-0.15, -0.1) is 0 Å². The first-order valence-electron chi connectivity index (χ1n) is 4.30. The first kappa shape index (κ1) is 7.14. The van der Waals surface area contributed by atoms with Gasteiger partial charge in [-0.3, -0.25) is 4.79 Å². The maximum Gasteiger partial charge on any atom is 0.309 e. The van der Waals surface area contributed by atoms with Crippen LogP contribution in [-0.4, -0.2) is 12.1 Å². The Labute approximate surface area is 66.9 Å². The van der Waals surface area contributed by atoms with Crippen molar-refractivity contribution in [2.45, 2.75) is 39.2 Å². The molecular weight excluding hydrogens is 140 g/mol. The Morgan fingerprint density at radius 2 is 2.18 bits per heavy atom. The van der Waals surface area contributed by atoms with Crippen molar-refractivity contribution in [1.29, 1.82) is 0 Å². The van der Waals surface area contributed by atoms with Gasteiger partial charge in [0, 0.05) is 0 Å². The van der Waals surface area contributed by atoms with Crippen LogP contribution < -0.4 is 0 Å². The topological polar surface area (TPSA) is 26.3 Å². The monoisotopic (exact) mass is 154 g/mol. The summed E-state index contributed by atoms with van der Waals surface area (Å²) in [6.45, 7) is 4.34. The zero-order valence-corrected chi connectivity index (χ0v) is 7.09. The first-order chi connectivity index (χ1) is 5.09. The van der Waals surface area contributed by atoms with E-state index in [2.05, 4.69) is 13.8 Å². The number of carbonyl (C=O) groups excluding carboxylic acids is 1. The lowest BCUT2D eigenvalue weighted by Crippen LogP contribution is -2.48. The van der Waals surface area contributed by atoms with E-state index in [4.69, 9.17) is 4.74 Å². The molecule has 0 aromatic carbocycles. The van der Waals surface area contributed by atoms with Gasteiger partial charge < -0.3 is 4.74 Å². The molecule has 2 saturated heterocycles. The smallest absolute Gasteiger partial charge is 0.309 e. The van der Waals surface area contributed by atoms with E-state index in [-0.39, 0.29) is 23.4 Å². The molecule has 1 saturated carbocycles. The third-order valence-electron chi connectivity index (χ3n) is 3.04. The van der Waals surface area contributed by atoms with Gasteiger partial charge in [-0.2, -0.15) is 0 Å². The molecule has 3 rings (SSSR count). The van der Waals surface area contributed by atoms with Crippen molar-refractivity contribution < 1.29 is 9.53 Å². The maximum atomic E-state index is 11.2. The molecule has 2 heterocycles. The van der Waals surface area contributed by atoms with Crippen LogP contribution in [0.3, 0.4) is 0 Å². The van der Waals surface area contributed by atoms with Crippen molar-refractivity contribution in [3.8, 4) is 0 Å². The normalized spacial score (nSPS) is 40.4. The van der Waals surface area contributed by atoms with E-state index in [0.717, 1.165) is 19.3 Å². The molecule has 0 amide bonds. The fourth-order valence-corrected chi connectivity index (χ4v) is 2.36. The number of fused-ring (bicyclic) bond motifs is 3. The van der Waals surface area contributed by atoms with Crippen molar-refractivity contribution in [2.75, 3.05) is 0 Å². The van der Waals surface area contributed by atoms with E-state index >= 15 is 0 Å². The second kappa shape index (κ2) is 1.99. The summed E-state index contributed by atoms with van der Waals surface area (Å²) in [4.78, 5) is 11.2. The third-order valence-corrected chi connectivity index (χ3v) is 3.04. The highest BCUT2D eigenvalue weighted by molar-refractivity contribution is 5.75. The lowest BCUT2D eigenvalue weighted by molar-refractivity contribution is -0.182. The van der Waals surface area contributed by atoms with Crippen molar-refractivity contribution in [2.24, 2.45) is 11.3 Å². The number of carbonyl (C=O) groups is 1. The minimum atomic E-state index is 0.0394. The Bertz CT molecular complexity index is 196. The molecule has 1 aliphatic carbocycles. The molecule has 0 spiro atoms. The SMILES string of the molecule is CC1(C)CC2CCC1C(=O)O2. The van der Waals surface area contributed by atoms with Crippen molar-refractivity contribution >= 4 is 5.97 Å². The number of hydrogen-bond donors (Lipinski definition) is 0. The molecule has 0 N–H and O–H groups in total. The van der Waals surface area contributed by atoms with Gasteiger partial charge in [0.1, 0.15) is 6.10 Å². The Kier molecular flexibility index (Phi) is 1.29. The fourth-order valence-electron chi connectivity index (χ4n) is 2.36. The lowest BCUT2D eigenvalue weighted by Gasteiger charge is -2.46. The van der Waals surface area contributed by atoms with Crippen molar-refractivity contribution in [1.82, 2.24) is 0 Å². The van der Waals surface area contributed by atoms with Gasteiger partial charge in [-0.1, -0.05) is 13.8 Å². The highest BCUT2D eigenvalue weighted by Crippen LogP contribution is 2.46. The summed E-state index contributed by atoms with van der Waals surface area (Å²) >= 11 is 0. The van der Waals surface area contributed by atoms with Gasteiger partial charge in [0.05, 0.1) is 5.92 Å². The van der Waals surface area contributed by atoms with Gasteiger partial charge in [-0.25, -0.2) is 0 Å². The minimum Gasteiger partial charge on any atom is -0.462 e. The molecule has 0 aromatic heterocycles. The number of ether oxygens (including phenoxy) is 1. The quantitative estimate of drug-likeness (QED) is 0.497. The van der Waals surface area contributed by atoms with Gasteiger partial charge in [0.25, 0.3) is 0 Å². The molecule has 2 heteroatoms. The zero-order chi connectivity index (χ0) is 8.06. The van der Waals surface area contributed by atoms with Crippen LogP contribution in [0.1, 0.15) is 33.1 Å². The Balaban J connectivity index is 2.26. The van der Waals surface area contributed by atoms with E-state index in [0.29, 0.717) is 0 Å². The second-order valence-electron chi connectivity index (χ2n) is 4.38. The molecule has 0 aromatic rings. The molecule has 2 unspecified atom stereocenters. The number of hydrogen-bond acceptors (Lipinski definition) is 2. The summed E-state index contributed by atoms with van der Waals surface area (Å²) in [7, 11) is 0. The molecule has 2 atom stereocenters. The molecule has 62 valence electrons. The summed E-state index contributed by atoms with van der Waals surface area (Å²) in [6.07, 6.45) is 3.40.